The van der Waals surface area contributed by atoms with Crippen molar-refractivity contribution in [1.29, 1.82) is 0 Å². The Hall–Kier alpha value is -0.300. The predicted molar refractivity (Wildman–Crippen MR) is 75.8 cm³/mol. The highest BCUT2D eigenvalue weighted by molar-refractivity contribution is 9.10. The van der Waals surface area contributed by atoms with Crippen LogP contribution in [-0.4, -0.2) is 22.1 Å². The third-order valence-electron chi connectivity index (χ3n) is 2.29. The van der Waals surface area contributed by atoms with Crippen LogP contribution in [0.1, 0.15) is 19.8 Å². The Morgan fingerprint density at radius 1 is 1.44 bits per heavy atom. The molecule has 1 rings (SSSR count). The fraction of sp³-hybridized carbons (Fsp3) is 0.455. The Morgan fingerprint density at radius 3 is 2.67 bits per heavy atom. The van der Waals surface area contributed by atoms with E-state index in [4.69, 9.17) is 16.3 Å². The fourth-order valence-electron chi connectivity index (χ4n) is 1.40. The molecule has 0 saturated carbocycles. The maximum atomic E-state index is 12.1. The summed E-state index contributed by atoms with van der Waals surface area (Å²) in [6.07, 6.45) is 1.70. The highest BCUT2D eigenvalue weighted by atomic mass is 79.9. The molecule has 0 heterocycles. The highest BCUT2D eigenvalue weighted by Crippen LogP contribution is 2.35. The van der Waals surface area contributed by atoms with Crippen molar-refractivity contribution in [3.63, 3.8) is 0 Å². The number of nitrogens with one attached hydrogen (secondary N) is 1. The van der Waals surface area contributed by atoms with Crippen LogP contribution in [0.4, 0.5) is 0 Å². The van der Waals surface area contributed by atoms with Gasteiger partial charge in [-0.15, -0.1) is 0 Å². The van der Waals surface area contributed by atoms with Crippen molar-refractivity contribution >= 4 is 37.6 Å². The normalized spacial score (nSPS) is 11.6. The molecule has 0 aliphatic carbocycles. The summed E-state index contributed by atoms with van der Waals surface area (Å²) in [5.41, 5.74) is 0. The lowest BCUT2D eigenvalue weighted by atomic mass is 10.3. The van der Waals surface area contributed by atoms with E-state index in [1.807, 2.05) is 6.92 Å². The average Bonchev–Trinajstić information content (AvgIpc) is 2.28. The van der Waals surface area contributed by atoms with Crippen molar-refractivity contribution in [2.24, 2.45) is 0 Å². The molecule has 0 aromatic heterocycles. The molecule has 0 spiro atoms. The number of unbranched alkanes of at least 4 members (excludes halogenated alkanes) is 1. The molecule has 102 valence electrons. The molecule has 1 aromatic carbocycles. The van der Waals surface area contributed by atoms with Gasteiger partial charge in [0.1, 0.15) is 4.90 Å². The van der Waals surface area contributed by atoms with Crippen molar-refractivity contribution in [3.05, 3.63) is 21.6 Å². The Labute approximate surface area is 121 Å². The van der Waals surface area contributed by atoms with Gasteiger partial charge in [0.25, 0.3) is 0 Å². The van der Waals surface area contributed by atoms with Crippen LogP contribution in [0.2, 0.25) is 5.02 Å². The zero-order valence-corrected chi connectivity index (χ0v) is 13.3. The van der Waals surface area contributed by atoms with Crippen LogP contribution in [0.3, 0.4) is 0 Å². The summed E-state index contributed by atoms with van der Waals surface area (Å²) < 4.78 is 32.4. The molecule has 18 heavy (non-hydrogen) atoms. The third-order valence-corrected chi connectivity index (χ3v) is 4.56. The van der Waals surface area contributed by atoms with Crippen molar-refractivity contribution in [3.8, 4) is 5.75 Å². The lowest BCUT2D eigenvalue weighted by Gasteiger charge is -2.12. The molecule has 0 atom stereocenters. The first-order valence-corrected chi connectivity index (χ1v) is 8.10. The molecule has 1 aromatic rings. The summed E-state index contributed by atoms with van der Waals surface area (Å²) in [6.45, 7) is 2.39. The topological polar surface area (TPSA) is 55.4 Å². The molecule has 7 heteroatoms. The Kier molecular flexibility index (Phi) is 5.91. The minimum atomic E-state index is -3.61. The molecule has 0 amide bonds. The van der Waals surface area contributed by atoms with E-state index in [2.05, 4.69) is 20.7 Å². The number of halogens is 2. The molecule has 0 saturated heterocycles. The SMILES string of the molecule is CCCCNS(=O)(=O)c1cc(Cl)cc(Br)c1OC. The molecular formula is C11H15BrClNO3S. The first-order chi connectivity index (χ1) is 8.42. The second-order valence-corrected chi connectivity index (χ2v) is 6.70. The molecule has 0 aliphatic heterocycles. The molecule has 0 unspecified atom stereocenters. The number of hydrogen-bond donors (Lipinski definition) is 1. The first-order valence-electron chi connectivity index (χ1n) is 5.45. The lowest BCUT2D eigenvalue weighted by molar-refractivity contribution is 0.399. The number of hydrogen-bond acceptors (Lipinski definition) is 3. The van der Waals surface area contributed by atoms with Gasteiger partial charge in [-0.3, -0.25) is 0 Å². The van der Waals surface area contributed by atoms with Crippen LogP contribution < -0.4 is 9.46 Å². The highest BCUT2D eigenvalue weighted by Gasteiger charge is 2.21. The zero-order valence-electron chi connectivity index (χ0n) is 10.2. The minimum absolute atomic E-state index is 0.0421. The summed E-state index contributed by atoms with van der Waals surface area (Å²) in [5.74, 6) is 0.253. The number of methoxy groups -OCH3 is 1. The Bertz CT molecular complexity index is 519. The van der Waals surface area contributed by atoms with Crippen molar-refractivity contribution in [2.45, 2.75) is 24.7 Å². The van der Waals surface area contributed by atoms with Gasteiger partial charge >= 0.3 is 0 Å². The first kappa shape index (κ1) is 15.8. The van der Waals surface area contributed by atoms with Crippen LogP contribution >= 0.6 is 27.5 Å². The lowest BCUT2D eigenvalue weighted by Crippen LogP contribution is -2.25. The summed E-state index contributed by atoms with van der Waals surface area (Å²) in [4.78, 5) is 0.0421. The summed E-state index contributed by atoms with van der Waals surface area (Å²) in [6, 6.07) is 2.96. The number of benzene rings is 1. The van der Waals surface area contributed by atoms with E-state index in [0.29, 0.717) is 16.0 Å². The number of rotatable bonds is 6. The molecule has 0 fully saturated rings. The van der Waals surface area contributed by atoms with Gasteiger partial charge in [0.2, 0.25) is 10.0 Å². The van der Waals surface area contributed by atoms with Crippen LogP contribution in [0.5, 0.6) is 5.75 Å². The Morgan fingerprint density at radius 2 is 2.11 bits per heavy atom. The van der Waals surface area contributed by atoms with Crippen LogP contribution in [0.25, 0.3) is 0 Å². The van der Waals surface area contributed by atoms with E-state index < -0.39 is 10.0 Å². The van der Waals surface area contributed by atoms with E-state index in [0.717, 1.165) is 12.8 Å². The van der Waals surface area contributed by atoms with E-state index in [-0.39, 0.29) is 10.6 Å². The second kappa shape index (κ2) is 6.75. The maximum Gasteiger partial charge on any atom is 0.244 e. The average molecular weight is 357 g/mol. The van der Waals surface area contributed by atoms with Crippen LogP contribution in [0.15, 0.2) is 21.5 Å². The number of sulfonamides is 1. The van der Waals surface area contributed by atoms with E-state index in [9.17, 15) is 8.42 Å². The van der Waals surface area contributed by atoms with Gasteiger partial charge in [-0.1, -0.05) is 24.9 Å². The predicted octanol–water partition coefficient (Wildman–Crippen LogP) is 3.19. The van der Waals surface area contributed by atoms with Gasteiger partial charge in [0.15, 0.2) is 5.75 Å². The van der Waals surface area contributed by atoms with Crippen LogP contribution in [-0.2, 0) is 10.0 Å². The summed E-state index contributed by atoms with van der Waals surface area (Å²) >= 11 is 9.10. The monoisotopic (exact) mass is 355 g/mol. The van der Waals surface area contributed by atoms with E-state index in [1.54, 1.807) is 6.07 Å². The molecule has 1 N–H and O–H groups in total. The maximum absolute atomic E-state index is 12.1. The Balaban J connectivity index is 3.14. The molecule has 4 nitrogen and oxygen atoms in total. The number of ether oxygens (including phenoxy) is 1. The van der Waals surface area contributed by atoms with E-state index >= 15 is 0 Å². The van der Waals surface area contributed by atoms with Gasteiger partial charge in [0.05, 0.1) is 11.6 Å². The quantitative estimate of drug-likeness (QED) is 0.796. The molecule has 0 aliphatic rings. The van der Waals surface area contributed by atoms with Gasteiger partial charge in [-0.25, -0.2) is 13.1 Å². The fourth-order valence-corrected chi connectivity index (χ4v) is 3.85. The summed E-state index contributed by atoms with van der Waals surface area (Å²) in [7, 11) is -2.19. The van der Waals surface area contributed by atoms with Gasteiger partial charge in [-0.2, -0.15) is 0 Å². The smallest absolute Gasteiger partial charge is 0.244 e. The van der Waals surface area contributed by atoms with Gasteiger partial charge in [0, 0.05) is 11.6 Å². The van der Waals surface area contributed by atoms with Crippen molar-refractivity contribution in [2.75, 3.05) is 13.7 Å². The molecule has 0 bridgehead atoms. The van der Waals surface area contributed by atoms with Crippen molar-refractivity contribution < 1.29 is 13.2 Å². The van der Waals surface area contributed by atoms with Crippen LogP contribution in [0, 0.1) is 0 Å². The standard InChI is InChI=1S/C11H15BrClNO3S/c1-3-4-5-14-18(15,16)10-7-8(13)6-9(12)11(10)17-2/h6-7,14H,3-5H2,1-2H3. The largest absolute Gasteiger partial charge is 0.494 e. The second-order valence-electron chi connectivity index (χ2n) is 3.67. The summed E-state index contributed by atoms with van der Waals surface area (Å²) in [5, 5.41) is 0.332. The molecule has 0 radical (unpaired) electrons. The molecular weight excluding hydrogens is 342 g/mol. The minimum Gasteiger partial charge on any atom is -0.494 e. The van der Waals surface area contributed by atoms with Gasteiger partial charge < -0.3 is 4.74 Å². The zero-order chi connectivity index (χ0) is 13.8. The third kappa shape index (κ3) is 3.85. The van der Waals surface area contributed by atoms with Crippen molar-refractivity contribution in [1.82, 2.24) is 4.72 Å². The van der Waals surface area contributed by atoms with E-state index in [1.165, 1.54) is 13.2 Å². The van der Waals surface area contributed by atoms with Gasteiger partial charge in [-0.05, 0) is 34.5 Å².